The fourth-order valence-corrected chi connectivity index (χ4v) is 3.11. The lowest BCUT2D eigenvalue weighted by molar-refractivity contribution is 0.294. The summed E-state index contributed by atoms with van der Waals surface area (Å²) in [5.41, 5.74) is 0. The lowest BCUT2D eigenvalue weighted by atomic mass is 9.83. The Labute approximate surface area is 109 Å². The van der Waals surface area contributed by atoms with Crippen molar-refractivity contribution in [1.82, 2.24) is 5.32 Å². The summed E-state index contributed by atoms with van der Waals surface area (Å²) in [6.45, 7) is 8.06. The van der Waals surface area contributed by atoms with Gasteiger partial charge >= 0.3 is 0 Å². The molecule has 0 radical (unpaired) electrons. The van der Waals surface area contributed by atoms with E-state index in [1.807, 2.05) is 0 Å². The van der Waals surface area contributed by atoms with Gasteiger partial charge in [0.15, 0.2) is 0 Å². The molecule has 0 amide bonds. The monoisotopic (exact) mass is 239 g/mol. The molecular formula is C16H33N. The first-order chi connectivity index (χ1) is 8.22. The minimum Gasteiger partial charge on any atom is -0.314 e. The largest absolute Gasteiger partial charge is 0.314 e. The average Bonchev–Trinajstić information content (AvgIpc) is 2.34. The molecule has 1 nitrogen and oxygen atoms in total. The summed E-state index contributed by atoms with van der Waals surface area (Å²) >= 11 is 0. The van der Waals surface area contributed by atoms with E-state index in [9.17, 15) is 0 Å². The quantitative estimate of drug-likeness (QED) is 0.644. The second-order valence-corrected chi connectivity index (χ2v) is 6.30. The molecule has 0 saturated heterocycles. The van der Waals surface area contributed by atoms with E-state index in [0.717, 1.165) is 11.8 Å². The standard InChI is InChI=1S/C16H33N/c1-4-8-16(13-17-14(2)3)12-11-15-9-6-5-7-10-15/h14-17H,4-13H2,1-3H3. The maximum Gasteiger partial charge on any atom is 0.00104 e. The van der Waals surface area contributed by atoms with E-state index in [0.29, 0.717) is 6.04 Å². The molecule has 0 aliphatic heterocycles. The van der Waals surface area contributed by atoms with E-state index in [2.05, 4.69) is 26.1 Å². The molecule has 1 aliphatic rings. The van der Waals surface area contributed by atoms with Crippen molar-refractivity contribution in [2.45, 2.75) is 84.6 Å². The van der Waals surface area contributed by atoms with E-state index >= 15 is 0 Å². The number of hydrogen-bond acceptors (Lipinski definition) is 1. The van der Waals surface area contributed by atoms with Crippen molar-refractivity contribution in [2.75, 3.05) is 6.54 Å². The van der Waals surface area contributed by atoms with Crippen molar-refractivity contribution in [3.63, 3.8) is 0 Å². The van der Waals surface area contributed by atoms with Crippen molar-refractivity contribution < 1.29 is 0 Å². The molecule has 1 atom stereocenters. The molecular weight excluding hydrogens is 206 g/mol. The highest BCUT2D eigenvalue weighted by Crippen LogP contribution is 2.29. The Morgan fingerprint density at radius 1 is 1.06 bits per heavy atom. The number of nitrogens with one attached hydrogen (secondary N) is 1. The van der Waals surface area contributed by atoms with E-state index in [4.69, 9.17) is 0 Å². The normalized spacial score (nSPS) is 19.8. The zero-order chi connectivity index (χ0) is 12.5. The fraction of sp³-hybridized carbons (Fsp3) is 1.00. The first-order valence-electron chi connectivity index (χ1n) is 7.95. The van der Waals surface area contributed by atoms with Crippen LogP contribution in [-0.4, -0.2) is 12.6 Å². The van der Waals surface area contributed by atoms with Gasteiger partial charge in [-0.1, -0.05) is 65.7 Å². The maximum absolute atomic E-state index is 3.62. The van der Waals surface area contributed by atoms with Crippen LogP contribution >= 0.6 is 0 Å². The lowest BCUT2D eigenvalue weighted by Gasteiger charge is -2.25. The second-order valence-electron chi connectivity index (χ2n) is 6.30. The molecule has 1 rings (SSSR count). The molecule has 0 bridgehead atoms. The molecule has 1 fully saturated rings. The summed E-state index contributed by atoms with van der Waals surface area (Å²) in [5, 5.41) is 3.62. The highest BCUT2D eigenvalue weighted by atomic mass is 14.9. The molecule has 17 heavy (non-hydrogen) atoms. The Bertz CT molecular complexity index is 170. The fourth-order valence-electron chi connectivity index (χ4n) is 3.11. The smallest absolute Gasteiger partial charge is 0.00104 e. The van der Waals surface area contributed by atoms with Crippen molar-refractivity contribution in [1.29, 1.82) is 0 Å². The molecule has 1 aliphatic carbocycles. The molecule has 0 heterocycles. The minimum absolute atomic E-state index is 0.643. The summed E-state index contributed by atoms with van der Waals surface area (Å²) in [6.07, 6.45) is 13.2. The first-order valence-corrected chi connectivity index (χ1v) is 7.95. The molecule has 1 N–H and O–H groups in total. The van der Waals surface area contributed by atoms with Crippen LogP contribution in [0.2, 0.25) is 0 Å². The predicted molar refractivity (Wildman–Crippen MR) is 77.3 cm³/mol. The maximum atomic E-state index is 3.62. The molecule has 0 aromatic heterocycles. The van der Waals surface area contributed by atoms with Gasteiger partial charge in [-0.25, -0.2) is 0 Å². The molecule has 0 aromatic rings. The van der Waals surface area contributed by atoms with Gasteiger partial charge in [0.25, 0.3) is 0 Å². The van der Waals surface area contributed by atoms with Gasteiger partial charge < -0.3 is 5.32 Å². The molecule has 102 valence electrons. The molecule has 0 spiro atoms. The molecule has 1 saturated carbocycles. The average molecular weight is 239 g/mol. The Balaban J connectivity index is 2.17. The highest BCUT2D eigenvalue weighted by Gasteiger charge is 2.16. The molecule has 0 aromatic carbocycles. The van der Waals surface area contributed by atoms with Gasteiger partial charge in [-0.3, -0.25) is 0 Å². The summed E-state index contributed by atoms with van der Waals surface area (Å²) in [5.74, 6) is 1.98. The van der Waals surface area contributed by atoms with Gasteiger partial charge in [-0.15, -0.1) is 0 Å². The third kappa shape index (κ3) is 7.08. The van der Waals surface area contributed by atoms with Crippen molar-refractivity contribution in [2.24, 2.45) is 11.8 Å². The Morgan fingerprint density at radius 3 is 2.35 bits per heavy atom. The number of rotatable bonds is 8. The van der Waals surface area contributed by atoms with Crippen molar-refractivity contribution in [3.05, 3.63) is 0 Å². The van der Waals surface area contributed by atoms with Crippen LogP contribution in [0.25, 0.3) is 0 Å². The third-order valence-electron chi connectivity index (χ3n) is 4.22. The van der Waals surface area contributed by atoms with Crippen LogP contribution in [0.3, 0.4) is 0 Å². The van der Waals surface area contributed by atoms with Crippen LogP contribution in [0.15, 0.2) is 0 Å². The summed E-state index contributed by atoms with van der Waals surface area (Å²) in [6, 6.07) is 0.643. The molecule has 1 unspecified atom stereocenters. The summed E-state index contributed by atoms with van der Waals surface area (Å²) < 4.78 is 0. The van der Waals surface area contributed by atoms with E-state index in [1.54, 1.807) is 0 Å². The Kier molecular flexibility index (Phi) is 7.92. The van der Waals surface area contributed by atoms with Gasteiger partial charge in [-0.05, 0) is 31.2 Å². The van der Waals surface area contributed by atoms with Crippen LogP contribution in [-0.2, 0) is 0 Å². The van der Waals surface area contributed by atoms with Crippen molar-refractivity contribution >= 4 is 0 Å². The highest BCUT2D eigenvalue weighted by molar-refractivity contribution is 4.70. The van der Waals surface area contributed by atoms with Crippen LogP contribution in [0.4, 0.5) is 0 Å². The van der Waals surface area contributed by atoms with Crippen LogP contribution in [0.1, 0.15) is 78.6 Å². The zero-order valence-electron chi connectivity index (χ0n) is 12.3. The van der Waals surface area contributed by atoms with Crippen LogP contribution in [0.5, 0.6) is 0 Å². The van der Waals surface area contributed by atoms with Gasteiger partial charge in [0.2, 0.25) is 0 Å². The van der Waals surface area contributed by atoms with E-state index < -0.39 is 0 Å². The summed E-state index contributed by atoms with van der Waals surface area (Å²) in [4.78, 5) is 0. The lowest BCUT2D eigenvalue weighted by Crippen LogP contribution is -2.29. The predicted octanol–water partition coefficient (Wildman–Crippen LogP) is 4.76. The Morgan fingerprint density at radius 2 is 1.76 bits per heavy atom. The van der Waals surface area contributed by atoms with E-state index in [1.165, 1.54) is 64.3 Å². The first kappa shape index (κ1) is 15.0. The van der Waals surface area contributed by atoms with Crippen LogP contribution in [0, 0.1) is 11.8 Å². The Hall–Kier alpha value is -0.0400. The minimum atomic E-state index is 0.643. The zero-order valence-corrected chi connectivity index (χ0v) is 12.3. The summed E-state index contributed by atoms with van der Waals surface area (Å²) in [7, 11) is 0. The van der Waals surface area contributed by atoms with Gasteiger partial charge in [-0.2, -0.15) is 0 Å². The van der Waals surface area contributed by atoms with Crippen molar-refractivity contribution in [3.8, 4) is 0 Å². The second kappa shape index (κ2) is 8.97. The van der Waals surface area contributed by atoms with Gasteiger partial charge in [0, 0.05) is 6.04 Å². The van der Waals surface area contributed by atoms with Gasteiger partial charge in [0.1, 0.15) is 0 Å². The SMILES string of the molecule is CCCC(CCC1CCCCC1)CNC(C)C. The van der Waals surface area contributed by atoms with Gasteiger partial charge in [0.05, 0.1) is 0 Å². The van der Waals surface area contributed by atoms with Crippen LogP contribution < -0.4 is 5.32 Å². The number of hydrogen-bond donors (Lipinski definition) is 1. The topological polar surface area (TPSA) is 12.0 Å². The third-order valence-corrected chi connectivity index (χ3v) is 4.22. The molecule has 1 heteroatoms. The van der Waals surface area contributed by atoms with E-state index in [-0.39, 0.29) is 0 Å².